The summed E-state index contributed by atoms with van der Waals surface area (Å²) in [5, 5.41) is 9.25. The SMILES string of the molecule is C/C(=C/[C@H]1COC(C)(C)O1)[C@@H](C)O. The number of rotatable bonds is 2. The molecule has 1 rings (SSSR count). The standard InChI is InChI=1S/C10H18O3/c1-7(8(2)11)5-9-6-12-10(3,4)13-9/h5,8-9,11H,6H2,1-4H3/b7-5-/t8-,9+/m1/s1. The van der Waals surface area contributed by atoms with E-state index >= 15 is 0 Å². The van der Waals surface area contributed by atoms with Gasteiger partial charge in [-0.05, 0) is 33.3 Å². The quantitative estimate of drug-likeness (QED) is 0.664. The largest absolute Gasteiger partial charge is 0.389 e. The van der Waals surface area contributed by atoms with Crippen molar-refractivity contribution in [2.24, 2.45) is 0 Å². The second-order valence-corrected chi connectivity index (χ2v) is 3.95. The first kappa shape index (κ1) is 10.7. The molecule has 1 heterocycles. The maximum Gasteiger partial charge on any atom is 0.163 e. The third kappa shape index (κ3) is 3.10. The van der Waals surface area contributed by atoms with Crippen molar-refractivity contribution >= 4 is 0 Å². The van der Waals surface area contributed by atoms with Gasteiger partial charge in [0.15, 0.2) is 5.79 Å². The molecule has 0 amide bonds. The summed E-state index contributed by atoms with van der Waals surface area (Å²) < 4.78 is 10.9. The predicted molar refractivity (Wildman–Crippen MR) is 50.3 cm³/mol. The van der Waals surface area contributed by atoms with Crippen LogP contribution in [0.15, 0.2) is 11.6 Å². The van der Waals surface area contributed by atoms with Crippen molar-refractivity contribution < 1.29 is 14.6 Å². The first-order chi connectivity index (χ1) is 5.91. The first-order valence-electron chi connectivity index (χ1n) is 4.59. The maximum atomic E-state index is 9.25. The molecule has 0 aromatic rings. The zero-order valence-electron chi connectivity index (χ0n) is 8.70. The molecule has 3 heteroatoms. The molecular formula is C10H18O3. The van der Waals surface area contributed by atoms with Crippen molar-refractivity contribution in [3.63, 3.8) is 0 Å². The van der Waals surface area contributed by atoms with Crippen LogP contribution in [0.3, 0.4) is 0 Å². The van der Waals surface area contributed by atoms with E-state index in [1.165, 1.54) is 0 Å². The Bertz CT molecular complexity index is 206. The van der Waals surface area contributed by atoms with E-state index in [0.29, 0.717) is 6.61 Å². The molecule has 3 nitrogen and oxygen atoms in total. The Labute approximate surface area is 79.3 Å². The van der Waals surface area contributed by atoms with Crippen LogP contribution in [0, 0.1) is 0 Å². The lowest BCUT2D eigenvalue weighted by Gasteiger charge is -2.16. The van der Waals surface area contributed by atoms with Gasteiger partial charge in [-0.2, -0.15) is 0 Å². The topological polar surface area (TPSA) is 38.7 Å². The fourth-order valence-electron chi connectivity index (χ4n) is 1.23. The predicted octanol–water partition coefficient (Wildman–Crippen LogP) is 1.47. The number of ether oxygens (including phenoxy) is 2. The average Bonchev–Trinajstić information content (AvgIpc) is 2.30. The van der Waals surface area contributed by atoms with Crippen molar-refractivity contribution in [1.82, 2.24) is 0 Å². The molecule has 1 saturated heterocycles. The van der Waals surface area contributed by atoms with E-state index in [1.54, 1.807) is 6.92 Å². The first-order valence-corrected chi connectivity index (χ1v) is 4.59. The van der Waals surface area contributed by atoms with Crippen molar-refractivity contribution in [2.75, 3.05) is 6.61 Å². The lowest BCUT2D eigenvalue weighted by atomic mass is 10.1. The summed E-state index contributed by atoms with van der Waals surface area (Å²) in [6.45, 7) is 7.97. The Kier molecular flexibility index (Phi) is 3.11. The molecule has 0 spiro atoms. The lowest BCUT2D eigenvalue weighted by Crippen LogP contribution is -2.21. The minimum Gasteiger partial charge on any atom is -0.389 e. The molecular weight excluding hydrogens is 168 g/mol. The summed E-state index contributed by atoms with van der Waals surface area (Å²) in [5.74, 6) is -0.486. The van der Waals surface area contributed by atoms with Crippen LogP contribution in [-0.4, -0.2) is 29.7 Å². The van der Waals surface area contributed by atoms with Gasteiger partial charge in [0.2, 0.25) is 0 Å². The Morgan fingerprint density at radius 3 is 2.62 bits per heavy atom. The highest BCUT2D eigenvalue weighted by Gasteiger charge is 2.31. The highest BCUT2D eigenvalue weighted by molar-refractivity contribution is 5.07. The minimum absolute atomic E-state index is 0.0235. The van der Waals surface area contributed by atoms with E-state index in [9.17, 15) is 5.11 Å². The Morgan fingerprint density at radius 2 is 2.23 bits per heavy atom. The van der Waals surface area contributed by atoms with Gasteiger partial charge in [-0.25, -0.2) is 0 Å². The summed E-state index contributed by atoms with van der Waals surface area (Å²) in [4.78, 5) is 0. The molecule has 1 aliphatic rings. The molecule has 0 unspecified atom stereocenters. The van der Waals surface area contributed by atoms with Gasteiger partial charge >= 0.3 is 0 Å². The molecule has 13 heavy (non-hydrogen) atoms. The van der Waals surface area contributed by atoms with E-state index in [2.05, 4.69) is 0 Å². The van der Waals surface area contributed by atoms with E-state index in [0.717, 1.165) is 5.57 Å². The van der Waals surface area contributed by atoms with E-state index in [4.69, 9.17) is 9.47 Å². The zero-order valence-corrected chi connectivity index (χ0v) is 8.70. The zero-order chi connectivity index (χ0) is 10.1. The molecule has 0 saturated carbocycles. The average molecular weight is 186 g/mol. The van der Waals surface area contributed by atoms with Gasteiger partial charge in [0.05, 0.1) is 12.7 Å². The number of hydrogen-bond acceptors (Lipinski definition) is 3. The van der Waals surface area contributed by atoms with Gasteiger partial charge in [-0.15, -0.1) is 0 Å². The highest BCUT2D eigenvalue weighted by Crippen LogP contribution is 2.23. The number of aliphatic hydroxyl groups is 1. The smallest absolute Gasteiger partial charge is 0.163 e. The van der Waals surface area contributed by atoms with Gasteiger partial charge < -0.3 is 14.6 Å². The summed E-state index contributed by atoms with van der Waals surface area (Å²) in [6.07, 6.45) is 1.48. The summed E-state index contributed by atoms with van der Waals surface area (Å²) in [6, 6.07) is 0. The second kappa shape index (κ2) is 3.78. The summed E-state index contributed by atoms with van der Waals surface area (Å²) in [7, 11) is 0. The van der Waals surface area contributed by atoms with Gasteiger partial charge in [0, 0.05) is 0 Å². The molecule has 2 atom stereocenters. The maximum absolute atomic E-state index is 9.25. The van der Waals surface area contributed by atoms with Crippen LogP contribution < -0.4 is 0 Å². The van der Waals surface area contributed by atoms with Crippen molar-refractivity contribution in [2.45, 2.75) is 45.7 Å². The van der Waals surface area contributed by atoms with Crippen LogP contribution in [0.4, 0.5) is 0 Å². The van der Waals surface area contributed by atoms with Crippen molar-refractivity contribution in [1.29, 1.82) is 0 Å². The van der Waals surface area contributed by atoms with Crippen molar-refractivity contribution in [3.8, 4) is 0 Å². The van der Waals surface area contributed by atoms with Crippen LogP contribution in [0.2, 0.25) is 0 Å². The van der Waals surface area contributed by atoms with Crippen LogP contribution in [0.1, 0.15) is 27.7 Å². The Balaban J connectivity index is 2.53. The fourth-order valence-corrected chi connectivity index (χ4v) is 1.23. The van der Waals surface area contributed by atoms with Crippen LogP contribution in [-0.2, 0) is 9.47 Å². The van der Waals surface area contributed by atoms with E-state index in [1.807, 2.05) is 26.8 Å². The third-order valence-corrected chi connectivity index (χ3v) is 2.14. The molecule has 0 aromatic carbocycles. The molecule has 0 aliphatic carbocycles. The second-order valence-electron chi connectivity index (χ2n) is 3.95. The molecule has 0 bridgehead atoms. The van der Waals surface area contributed by atoms with Gasteiger partial charge in [-0.1, -0.05) is 6.08 Å². The van der Waals surface area contributed by atoms with Gasteiger partial charge in [-0.3, -0.25) is 0 Å². The van der Waals surface area contributed by atoms with Gasteiger partial charge in [0.25, 0.3) is 0 Å². The summed E-state index contributed by atoms with van der Waals surface area (Å²) in [5.41, 5.74) is 0.923. The minimum atomic E-state index is -0.486. The monoisotopic (exact) mass is 186 g/mol. The van der Waals surface area contributed by atoms with E-state index in [-0.39, 0.29) is 6.10 Å². The number of aliphatic hydroxyl groups excluding tert-OH is 1. The van der Waals surface area contributed by atoms with Crippen LogP contribution >= 0.6 is 0 Å². The molecule has 0 radical (unpaired) electrons. The van der Waals surface area contributed by atoms with Crippen LogP contribution in [0.25, 0.3) is 0 Å². The Hall–Kier alpha value is -0.380. The normalized spacial score (nSPS) is 30.5. The highest BCUT2D eigenvalue weighted by atomic mass is 16.7. The van der Waals surface area contributed by atoms with Crippen LogP contribution in [0.5, 0.6) is 0 Å². The number of hydrogen-bond donors (Lipinski definition) is 1. The summed E-state index contributed by atoms with van der Waals surface area (Å²) >= 11 is 0. The molecule has 0 aromatic heterocycles. The van der Waals surface area contributed by atoms with Gasteiger partial charge in [0.1, 0.15) is 6.10 Å². The van der Waals surface area contributed by atoms with E-state index < -0.39 is 11.9 Å². The third-order valence-electron chi connectivity index (χ3n) is 2.14. The fraction of sp³-hybridized carbons (Fsp3) is 0.800. The molecule has 1 aliphatic heterocycles. The molecule has 76 valence electrons. The Morgan fingerprint density at radius 1 is 1.62 bits per heavy atom. The molecule has 1 fully saturated rings. The lowest BCUT2D eigenvalue weighted by molar-refractivity contribution is -0.133. The van der Waals surface area contributed by atoms with Crippen molar-refractivity contribution in [3.05, 3.63) is 11.6 Å². The molecule has 1 N–H and O–H groups in total.